The summed E-state index contributed by atoms with van der Waals surface area (Å²) in [4.78, 5) is 0. The molecule has 0 radical (unpaired) electrons. The standard InChI is InChI=1S/C15H29NO/c1-4-16-15(14-7-8-17-10-14)13-6-5-11(2)12(3)9-13/h11-16H,4-10H2,1-3H3. The molecule has 2 nitrogen and oxygen atoms in total. The molecular weight excluding hydrogens is 210 g/mol. The van der Waals surface area contributed by atoms with Crippen LogP contribution in [0, 0.1) is 23.7 Å². The molecule has 2 aliphatic rings. The number of nitrogens with one attached hydrogen (secondary N) is 1. The van der Waals surface area contributed by atoms with Crippen LogP contribution in [0.4, 0.5) is 0 Å². The predicted molar refractivity (Wildman–Crippen MR) is 72.1 cm³/mol. The molecule has 17 heavy (non-hydrogen) atoms. The van der Waals surface area contributed by atoms with Crippen molar-refractivity contribution < 1.29 is 4.74 Å². The third-order valence-corrected chi connectivity index (χ3v) is 5.06. The van der Waals surface area contributed by atoms with Gasteiger partial charge in [-0.05, 0) is 43.6 Å². The van der Waals surface area contributed by atoms with Gasteiger partial charge in [-0.25, -0.2) is 0 Å². The van der Waals surface area contributed by atoms with Crippen molar-refractivity contribution in [1.82, 2.24) is 5.32 Å². The van der Waals surface area contributed by atoms with Gasteiger partial charge in [-0.15, -0.1) is 0 Å². The highest BCUT2D eigenvalue weighted by Gasteiger charge is 2.35. The largest absolute Gasteiger partial charge is 0.381 e. The van der Waals surface area contributed by atoms with E-state index >= 15 is 0 Å². The molecule has 1 heterocycles. The third kappa shape index (κ3) is 3.23. The van der Waals surface area contributed by atoms with E-state index in [1.54, 1.807) is 0 Å². The Labute approximate surface area is 107 Å². The zero-order valence-corrected chi connectivity index (χ0v) is 11.7. The van der Waals surface area contributed by atoms with Gasteiger partial charge in [0, 0.05) is 18.6 Å². The molecule has 0 aromatic heterocycles. The molecular formula is C15H29NO. The van der Waals surface area contributed by atoms with Gasteiger partial charge in [-0.2, -0.15) is 0 Å². The molecule has 5 atom stereocenters. The number of hydrogen-bond donors (Lipinski definition) is 1. The Hall–Kier alpha value is -0.0800. The summed E-state index contributed by atoms with van der Waals surface area (Å²) in [5.41, 5.74) is 0. The summed E-state index contributed by atoms with van der Waals surface area (Å²) < 4.78 is 5.58. The zero-order chi connectivity index (χ0) is 12.3. The topological polar surface area (TPSA) is 21.3 Å². The van der Waals surface area contributed by atoms with E-state index in [1.165, 1.54) is 25.7 Å². The molecule has 2 fully saturated rings. The second-order valence-corrected chi connectivity index (χ2v) is 6.23. The van der Waals surface area contributed by atoms with Crippen molar-refractivity contribution >= 4 is 0 Å². The lowest BCUT2D eigenvalue weighted by atomic mass is 9.70. The lowest BCUT2D eigenvalue weighted by molar-refractivity contribution is 0.125. The van der Waals surface area contributed by atoms with Gasteiger partial charge >= 0.3 is 0 Å². The van der Waals surface area contributed by atoms with Crippen LogP contribution in [-0.2, 0) is 4.74 Å². The van der Waals surface area contributed by atoms with Crippen LogP contribution in [0.1, 0.15) is 46.5 Å². The minimum absolute atomic E-state index is 0.706. The van der Waals surface area contributed by atoms with E-state index in [0.29, 0.717) is 6.04 Å². The Kier molecular flexibility index (Phi) is 4.87. The first-order valence-electron chi connectivity index (χ1n) is 7.53. The molecule has 0 aromatic rings. The lowest BCUT2D eigenvalue weighted by Crippen LogP contribution is -2.45. The molecule has 0 bridgehead atoms. The first-order chi connectivity index (χ1) is 8.22. The van der Waals surface area contributed by atoms with Crippen molar-refractivity contribution in [2.24, 2.45) is 23.7 Å². The number of ether oxygens (including phenoxy) is 1. The van der Waals surface area contributed by atoms with Crippen molar-refractivity contribution in [3.8, 4) is 0 Å². The zero-order valence-electron chi connectivity index (χ0n) is 11.7. The van der Waals surface area contributed by atoms with Crippen LogP contribution in [0.25, 0.3) is 0 Å². The maximum absolute atomic E-state index is 5.58. The van der Waals surface area contributed by atoms with Gasteiger partial charge in [0.2, 0.25) is 0 Å². The van der Waals surface area contributed by atoms with E-state index < -0.39 is 0 Å². The highest BCUT2D eigenvalue weighted by atomic mass is 16.5. The van der Waals surface area contributed by atoms with Gasteiger partial charge in [0.15, 0.2) is 0 Å². The van der Waals surface area contributed by atoms with E-state index in [0.717, 1.165) is 43.4 Å². The molecule has 1 aliphatic heterocycles. The summed E-state index contributed by atoms with van der Waals surface area (Å²) in [5, 5.41) is 3.75. The maximum Gasteiger partial charge on any atom is 0.0510 e. The molecule has 1 aliphatic carbocycles. The second kappa shape index (κ2) is 6.19. The van der Waals surface area contributed by atoms with E-state index in [2.05, 4.69) is 26.1 Å². The highest BCUT2D eigenvalue weighted by Crippen LogP contribution is 2.37. The summed E-state index contributed by atoms with van der Waals surface area (Å²) in [7, 11) is 0. The summed E-state index contributed by atoms with van der Waals surface area (Å²) >= 11 is 0. The first-order valence-corrected chi connectivity index (χ1v) is 7.53. The van der Waals surface area contributed by atoms with Crippen molar-refractivity contribution in [3.05, 3.63) is 0 Å². The second-order valence-electron chi connectivity index (χ2n) is 6.23. The predicted octanol–water partition coefficient (Wildman–Crippen LogP) is 3.07. The Morgan fingerprint density at radius 2 is 1.94 bits per heavy atom. The summed E-state index contributed by atoms with van der Waals surface area (Å²) in [6.07, 6.45) is 5.51. The smallest absolute Gasteiger partial charge is 0.0510 e. The average molecular weight is 239 g/mol. The molecule has 0 spiro atoms. The van der Waals surface area contributed by atoms with E-state index in [1.807, 2.05) is 0 Å². The fourth-order valence-corrected chi connectivity index (χ4v) is 3.71. The average Bonchev–Trinajstić information content (AvgIpc) is 2.83. The van der Waals surface area contributed by atoms with E-state index in [9.17, 15) is 0 Å². The molecule has 2 heteroatoms. The number of hydrogen-bond acceptors (Lipinski definition) is 2. The van der Waals surface area contributed by atoms with Gasteiger partial charge < -0.3 is 10.1 Å². The minimum atomic E-state index is 0.706. The van der Waals surface area contributed by atoms with Crippen molar-refractivity contribution in [2.75, 3.05) is 19.8 Å². The van der Waals surface area contributed by atoms with Crippen molar-refractivity contribution in [3.63, 3.8) is 0 Å². The normalized spacial score (nSPS) is 40.4. The first kappa shape index (κ1) is 13.4. The summed E-state index contributed by atoms with van der Waals surface area (Å²) in [6.45, 7) is 10.1. The minimum Gasteiger partial charge on any atom is -0.381 e. The van der Waals surface area contributed by atoms with Crippen LogP contribution in [0.15, 0.2) is 0 Å². The monoisotopic (exact) mass is 239 g/mol. The van der Waals surface area contributed by atoms with Crippen molar-refractivity contribution in [1.29, 1.82) is 0 Å². The molecule has 0 aromatic carbocycles. The number of rotatable bonds is 4. The van der Waals surface area contributed by atoms with Crippen LogP contribution in [0.2, 0.25) is 0 Å². The van der Waals surface area contributed by atoms with E-state index in [-0.39, 0.29) is 0 Å². The van der Waals surface area contributed by atoms with Gasteiger partial charge in [0.05, 0.1) is 6.61 Å². The molecule has 1 saturated carbocycles. The summed E-state index contributed by atoms with van der Waals surface area (Å²) in [5.74, 6) is 3.47. The van der Waals surface area contributed by atoms with Crippen LogP contribution in [-0.4, -0.2) is 25.8 Å². The molecule has 1 saturated heterocycles. The molecule has 2 rings (SSSR count). The van der Waals surface area contributed by atoms with Gasteiger partial charge in [0.25, 0.3) is 0 Å². The van der Waals surface area contributed by atoms with Crippen LogP contribution < -0.4 is 5.32 Å². The molecule has 1 N–H and O–H groups in total. The molecule has 0 amide bonds. The molecule has 5 unspecified atom stereocenters. The van der Waals surface area contributed by atoms with Gasteiger partial charge in [-0.3, -0.25) is 0 Å². The van der Waals surface area contributed by atoms with E-state index in [4.69, 9.17) is 4.74 Å². The van der Waals surface area contributed by atoms with Crippen molar-refractivity contribution in [2.45, 2.75) is 52.5 Å². The van der Waals surface area contributed by atoms with Gasteiger partial charge in [0.1, 0.15) is 0 Å². The Morgan fingerprint density at radius 1 is 1.12 bits per heavy atom. The highest BCUT2D eigenvalue weighted by molar-refractivity contribution is 4.89. The van der Waals surface area contributed by atoms with Gasteiger partial charge in [-0.1, -0.05) is 27.2 Å². The summed E-state index contributed by atoms with van der Waals surface area (Å²) in [6, 6.07) is 0.706. The molecule has 100 valence electrons. The quantitative estimate of drug-likeness (QED) is 0.814. The van der Waals surface area contributed by atoms with Crippen LogP contribution in [0.3, 0.4) is 0 Å². The lowest BCUT2D eigenvalue weighted by Gasteiger charge is -2.39. The Bertz CT molecular complexity index is 225. The fraction of sp³-hybridized carbons (Fsp3) is 1.00. The third-order valence-electron chi connectivity index (χ3n) is 5.06. The van der Waals surface area contributed by atoms with Crippen LogP contribution >= 0.6 is 0 Å². The fourth-order valence-electron chi connectivity index (χ4n) is 3.71. The maximum atomic E-state index is 5.58. The Balaban J connectivity index is 1.95. The SMILES string of the molecule is CCNC(C1CCOC1)C1CCC(C)C(C)C1. The Morgan fingerprint density at radius 3 is 2.53 bits per heavy atom. The van der Waals surface area contributed by atoms with Crippen LogP contribution in [0.5, 0.6) is 0 Å².